The van der Waals surface area contributed by atoms with Crippen LogP contribution in [0.3, 0.4) is 0 Å². The minimum absolute atomic E-state index is 0.0842. The Labute approximate surface area is 149 Å². The summed E-state index contributed by atoms with van der Waals surface area (Å²) in [5.74, 6) is -0.0842. The van der Waals surface area contributed by atoms with Crippen LogP contribution in [0.2, 0.25) is 0 Å². The number of nitrogens with zero attached hydrogens (tertiary/aromatic N) is 6. The highest BCUT2D eigenvalue weighted by atomic mass is 16.5. The number of hydrogen-bond acceptors (Lipinski definition) is 7. The zero-order valence-corrected chi connectivity index (χ0v) is 14.4. The summed E-state index contributed by atoms with van der Waals surface area (Å²) >= 11 is 0. The van der Waals surface area contributed by atoms with Gasteiger partial charge >= 0.3 is 6.01 Å². The van der Waals surface area contributed by atoms with E-state index in [0.717, 1.165) is 22.5 Å². The first-order chi connectivity index (χ1) is 12.6. The van der Waals surface area contributed by atoms with Gasteiger partial charge < -0.3 is 10.5 Å². The van der Waals surface area contributed by atoms with Gasteiger partial charge in [0.25, 0.3) is 5.91 Å². The Morgan fingerprint density at radius 2 is 2.04 bits per heavy atom. The van der Waals surface area contributed by atoms with Crippen LogP contribution < -0.4 is 15.4 Å². The second kappa shape index (κ2) is 6.19. The van der Waals surface area contributed by atoms with Gasteiger partial charge in [-0.3, -0.25) is 14.4 Å². The Hall–Kier alpha value is -3.33. The normalized spacial score (nSPS) is 13.2. The van der Waals surface area contributed by atoms with Crippen molar-refractivity contribution in [1.29, 1.82) is 0 Å². The molecule has 3 aromatic rings. The number of anilines is 1. The summed E-state index contributed by atoms with van der Waals surface area (Å²) in [6.45, 7) is 2.54. The van der Waals surface area contributed by atoms with Gasteiger partial charge in [0.1, 0.15) is 0 Å². The smallest absolute Gasteiger partial charge is 0.316 e. The van der Waals surface area contributed by atoms with Crippen molar-refractivity contribution in [2.75, 3.05) is 12.0 Å². The summed E-state index contributed by atoms with van der Waals surface area (Å²) < 4.78 is 6.56. The molecular formula is C17H17N7O2. The number of hydrogen-bond donors (Lipinski definition) is 1. The van der Waals surface area contributed by atoms with Crippen molar-refractivity contribution in [3.8, 4) is 17.3 Å². The van der Waals surface area contributed by atoms with E-state index in [1.165, 1.54) is 7.11 Å². The molecule has 9 heteroatoms. The van der Waals surface area contributed by atoms with Gasteiger partial charge in [-0.15, -0.1) is 0 Å². The van der Waals surface area contributed by atoms with Crippen molar-refractivity contribution >= 4 is 11.6 Å². The summed E-state index contributed by atoms with van der Waals surface area (Å²) in [6.07, 6.45) is 6.68. The molecule has 2 N–H and O–H groups in total. The van der Waals surface area contributed by atoms with E-state index in [1.807, 2.05) is 13.0 Å². The highest BCUT2D eigenvalue weighted by molar-refractivity contribution is 6.10. The number of methoxy groups -OCH3 is 1. The zero-order chi connectivity index (χ0) is 18.3. The Morgan fingerprint density at radius 3 is 2.69 bits per heavy atom. The topological polar surface area (TPSA) is 112 Å². The number of ether oxygens (including phenoxy) is 1. The minimum Gasteiger partial charge on any atom is -0.467 e. The van der Waals surface area contributed by atoms with Gasteiger partial charge in [0.15, 0.2) is 0 Å². The Bertz CT molecular complexity index is 981. The van der Waals surface area contributed by atoms with E-state index in [1.54, 1.807) is 34.4 Å². The van der Waals surface area contributed by atoms with E-state index in [2.05, 4.69) is 20.1 Å². The molecule has 0 spiro atoms. The summed E-state index contributed by atoms with van der Waals surface area (Å²) in [7, 11) is 1.51. The van der Waals surface area contributed by atoms with E-state index in [9.17, 15) is 4.79 Å². The molecule has 0 unspecified atom stereocenters. The first-order valence-electron chi connectivity index (χ1n) is 8.02. The lowest BCUT2D eigenvalue weighted by Gasteiger charge is -2.11. The number of rotatable bonds is 4. The van der Waals surface area contributed by atoms with Crippen LogP contribution >= 0.6 is 0 Å². The van der Waals surface area contributed by atoms with Crippen LogP contribution in [0.1, 0.15) is 21.6 Å². The molecule has 1 aliphatic heterocycles. The lowest BCUT2D eigenvalue weighted by Crippen LogP contribution is -2.23. The number of carbonyl (C=O) groups is 1. The Kier molecular flexibility index (Phi) is 3.85. The number of pyridine rings is 1. The van der Waals surface area contributed by atoms with E-state index >= 15 is 0 Å². The lowest BCUT2D eigenvalue weighted by atomic mass is 10.1. The SMILES string of the molecule is COc1ncc(-c2cc(C)c3c(n2)CN(c2cnn(CN)c2)C3=O)cn1. The number of fused-ring (bicyclic) bond motifs is 1. The van der Waals surface area contributed by atoms with Gasteiger partial charge in [-0.1, -0.05) is 0 Å². The van der Waals surface area contributed by atoms with Gasteiger partial charge in [-0.25, -0.2) is 15.0 Å². The highest BCUT2D eigenvalue weighted by Gasteiger charge is 2.32. The molecule has 0 aliphatic carbocycles. The molecule has 3 aromatic heterocycles. The molecule has 0 saturated heterocycles. The van der Waals surface area contributed by atoms with E-state index in [-0.39, 0.29) is 12.6 Å². The van der Waals surface area contributed by atoms with Crippen LogP contribution in [0.25, 0.3) is 11.3 Å². The molecule has 4 heterocycles. The summed E-state index contributed by atoms with van der Waals surface area (Å²) in [5.41, 5.74) is 9.97. The number of nitrogens with two attached hydrogens (primary N) is 1. The summed E-state index contributed by atoms with van der Waals surface area (Å²) in [4.78, 5) is 27.4. The monoisotopic (exact) mass is 351 g/mol. The second-order valence-corrected chi connectivity index (χ2v) is 5.92. The molecule has 132 valence electrons. The predicted molar refractivity (Wildman–Crippen MR) is 93.5 cm³/mol. The molecule has 4 rings (SSSR count). The van der Waals surface area contributed by atoms with Crippen LogP contribution in [0.5, 0.6) is 6.01 Å². The van der Waals surface area contributed by atoms with Gasteiger partial charge in [0.2, 0.25) is 0 Å². The van der Waals surface area contributed by atoms with Crippen molar-refractivity contribution in [1.82, 2.24) is 24.7 Å². The molecule has 0 fully saturated rings. The maximum atomic E-state index is 12.8. The fourth-order valence-corrected chi connectivity index (χ4v) is 3.00. The number of aromatic nitrogens is 5. The van der Waals surface area contributed by atoms with Crippen molar-refractivity contribution < 1.29 is 9.53 Å². The van der Waals surface area contributed by atoms with Crippen LogP contribution in [-0.4, -0.2) is 37.7 Å². The largest absolute Gasteiger partial charge is 0.467 e. The molecule has 0 atom stereocenters. The number of aryl methyl sites for hydroxylation is 1. The summed E-state index contributed by atoms with van der Waals surface area (Å²) in [5, 5.41) is 4.13. The number of carbonyl (C=O) groups excluding carboxylic acids is 1. The molecule has 1 aliphatic rings. The summed E-state index contributed by atoms with van der Waals surface area (Å²) in [6, 6.07) is 2.17. The predicted octanol–water partition coefficient (Wildman–Crippen LogP) is 1.13. The third kappa shape index (κ3) is 2.58. The standard InChI is InChI=1S/C17H17N7O2/c1-10-3-13(11-4-19-17(26-2)20-5-11)22-14-8-24(16(25)15(10)14)12-6-21-23(7-12)9-18/h3-7H,8-9,18H2,1-2H3. The van der Waals surface area contributed by atoms with Gasteiger partial charge in [0, 0.05) is 18.0 Å². The second-order valence-electron chi connectivity index (χ2n) is 5.92. The van der Waals surface area contributed by atoms with Crippen LogP contribution in [0.4, 0.5) is 5.69 Å². The maximum absolute atomic E-state index is 12.8. The van der Waals surface area contributed by atoms with Crippen LogP contribution in [0, 0.1) is 6.92 Å². The first-order valence-corrected chi connectivity index (χ1v) is 8.02. The minimum atomic E-state index is -0.0842. The van der Waals surface area contributed by atoms with E-state index in [4.69, 9.17) is 10.5 Å². The Morgan fingerprint density at radius 1 is 1.27 bits per heavy atom. The van der Waals surface area contributed by atoms with Crippen molar-refractivity contribution in [2.45, 2.75) is 20.1 Å². The van der Waals surface area contributed by atoms with Gasteiger partial charge in [0.05, 0.1) is 55.4 Å². The van der Waals surface area contributed by atoms with Crippen molar-refractivity contribution in [2.24, 2.45) is 5.73 Å². The fraction of sp³-hybridized carbons (Fsp3) is 0.235. The third-order valence-electron chi connectivity index (χ3n) is 4.28. The van der Waals surface area contributed by atoms with Crippen LogP contribution in [-0.2, 0) is 13.2 Å². The fourth-order valence-electron chi connectivity index (χ4n) is 3.00. The van der Waals surface area contributed by atoms with Crippen LogP contribution in [0.15, 0.2) is 30.9 Å². The number of amides is 1. The molecule has 26 heavy (non-hydrogen) atoms. The molecule has 0 bridgehead atoms. The average Bonchev–Trinajstić information content (AvgIpc) is 3.26. The molecule has 0 saturated carbocycles. The third-order valence-corrected chi connectivity index (χ3v) is 4.28. The molecular weight excluding hydrogens is 334 g/mol. The lowest BCUT2D eigenvalue weighted by molar-refractivity contribution is 0.0996. The molecule has 0 radical (unpaired) electrons. The van der Waals surface area contributed by atoms with Gasteiger partial charge in [-0.05, 0) is 18.6 Å². The van der Waals surface area contributed by atoms with E-state index < -0.39 is 0 Å². The quantitative estimate of drug-likeness (QED) is 0.750. The van der Waals surface area contributed by atoms with E-state index in [0.29, 0.717) is 23.8 Å². The van der Waals surface area contributed by atoms with Crippen molar-refractivity contribution in [3.63, 3.8) is 0 Å². The molecule has 9 nitrogen and oxygen atoms in total. The Balaban J connectivity index is 1.70. The average molecular weight is 351 g/mol. The molecule has 1 amide bonds. The first kappa shape index (κ1) is 16.2. The molecule has 0 aromatic carbocycles. The maximum Gasteiger partial charge on any atom is 0.316 e. The highest BCUT2D eigenvalue weighted by Crippen LogP contribution is 2.31. The van der Waals surface area contributed by atoms with Gasteiger partial charge in [-0.2, -0.15) is 5.10 Å². The van der Waals surface area contributed by atoms with Crippen molar-refractivity contribution in [3.05, 3.63) is 47.7 Å². The zero-order valence-electron chi connectivity index (χ0n) is 14.4.